The van der Waals surface area contributed by atoms with Gasteiger partial charge in [-0.1, -0.05) is 79.8 Å². The number of hydrogen-bond donors (Lipinski definition) is 1. The van der Waals surface area contributed by atoms with E-state index in [2.05, 4.69) is 51.1 Å². The summed E-state index contributed by atoms with van der Waals surface area (Å²) in [6.07, 6.45) is 5.81. The smallest absolute Gasteiger partial charge is 0.124 e. The second-order valence-corrected chi connectivity index (χ2v) is 8.61. The summed E-state index contributed by atoms with van der Waals surface area (Å²) in [6.45, 7) is 7.06. The highest BCUT2D eigenvalue weighted by Gasteiger charge is 2.14. The van der Waals surface area contributed by atoms with Crippen LogP contribution < -0.4 is 9.47 Å². The van der Waals surface area contributed by atoms with Crippen LogP contribution in [-0.4, -0.2) is 5.11 Å². The highest BCUT2D eigenvalue weighted by Crippen LogP contribution is 2.29. The molecule has 0 bridgehead atoms. The lowest BCUT2D eigenvalue weighted by Crippen LogP contribution is -2.08. The van der Waals surface area contributed by atoms with E-state index in [0.717, 1.165) is 35.5 Å². The first-order valence-electron chi connectivity index (χ1n) is 11.7. The van der Waals surface area contributed by atoms with Crippen LogP contribution >= 0.6 is 0 Å². The molecule has 0 aliphatic carbocycles. The Morgan fingerprint density at radius 3 is 2.03 bits per heavy atom. The maximum absolute atomic E-state index is 9.33. The van der Waals surface area contributed by atoms with Crippen molar-refractivity contribution in [2.45, 2.75) is 72.2 Å². The van der Waals surface area contributed by atoms with Crippen molar-refractivity contribution >= 4 is 0 Å². The Hall–Kier alpha value is -2.78. The molecule has 1 atom stereocenters. The summed E-state index contributed by atoms with van der Waals surface area (Å²) in [5.41, 5.74) is 5.76. The largest absolute Gasteiger partial charge is 0.489 e. The monoisotopic (exact) mass is 432 g/mol. The van der Waals surface area contributed by atoms with Gasteiger partial charge in [-0.15, -0.1) is 0 Å². The molecule has 1 N–H and O–H groups in total. The van der Waals surface area contributed by atoms with Crippen LogP contribution in [0.3, 0.4) is 0 Å². The molecule has 32 heavy (non-hydrogen) atoms. The first-order chi connectivity index (χ1) is 15.6. The predicted octanol–water partition coefficient (Wildman–Crippen LogP) is 7.47. The molecular weight excluding hydrogens is 396 g/mol. The quantitative estimate of drug-likeness (QED) is 0.302. The zero-order valence-corrected chi connectivity index (χ0v) is 19.6. The molecule has 0 amide bonds. The van der Waals surface area contributed by atoms with Gasteiger partial charge in [0.1, 0.15) is 24.2 Å². The normalized spacial score (nSPS) is 11.9. The van der Waals surface area contributed by atoms with Crippen LogP contribution in [0, 0.1) is 13.8 Å². The summed E-state index contributed by atoms with van der Waals surface area (Å²) in [5.74, 6) is 1.68. The summed E-state index contributed by atoms with van der Waals surface area (Å²) in [6, 6.07) is 22.5. The molecule has 3 aromatic carbocycles. The van der Waals surface area contributed by atoms with Gasteiger partial charge in [0.05, 0.1) is 6.61 Å². The third kappa shape index (κ3) is 7.42. The zero-order valence-electron chi connectivity index (χ0n) is 19.6. The summed E-state index contributed by atoms with van der Waals surface area (Å²) < 4.78 is 12.4. The molecule has 0 saturated heterocycles. The van der Waals surface area contributed by atoms with E-state index >= 15 is 0 Å². The fourth-order valence-electron chi connectivity index (χ4n) is 3.99. The molecule has 3 heteroatoms. The summed E-state index contributed by atoms with van der Waals surface area (Å²) in [5, 5.41) is 9.33. The number of ether oxygens (including phenoxy) is 2. The van der Waals surface area contributed by atoms with E-state index in [-0.39, 0.29) is 12.7 Å². The Labute approximate surface area is 193 Å². The van der Waals surface area contributed by atoms with Crippen LogP contribution in [0.5, 0.6) is 11.5 Å². The van der Waals surface area contributed by atoms with E-state index in [9.17, 15) is 5.11 Å². The Kier molecular flexibility index (Phi) is 9.18. The molecule has 0 radical (unpaired) electrons. The van der Waals surface area contributed by atoms with Crippen molar-refractivity contribution in [1.82, 2.24) is 0 Å². The Morgan fingerprint density at radius 2 is 1.41 bits per heavy atom. The number of aliphatic hydroxyl groups is 1. The molecule has 0 aromatic heterocycles. The minimum absolute atomic E-state index is 0.00152. The Morgan fingerprint density at radius 1 is 0.750 bits per heavy atom. The van der Waals surface area contributed by atoms with Gasteiger partial charge in [-0.25, -0.2) is 0 Å². The van der Waals surface area contributed by atoms with Crippen molar-refractivity contribution in [1.29, 1.82) is 0 Å². The molecule has 0 aliphatic rings. The number of benzene rings is 3. The highest BCUT2D eigenvalue weighted by atomic mass is 16.5. The molecule has 0 fully saturated rings. The van der Waals surface area contributed by atoms with Gasteiger partial charge >= 0.3 is 0 Å². The first kappa shape index (κ1) is 23.9. The lowest BCUT2D eigenvalue weighted by molar-refractivity contribution is 0.190. The van der Waals surface area contributed by atoms with Crippen LogP contribution in [-0.2, 0) is 13.2 Å². The van der Waals surface area contributed by atoms with Gasteiger partial charge < -0.3 is 14.6 Å². The number of unbranched alkanes of at least 4 members (excludes halogenated alkanes) is 3. The molecule has 3 nitrogen and oxygen atoms in total. The highest BCUT2D eigenvalue weighted by molar-refractivity contribution is 5.33. The Balaban J connectivity index is 1.63. The molecule has 0 spiro atoms. The molecule has 3 rings (SSSR count). The van der Waals surface area contributed by atoms with E-state index in [1.165, 1.54) is 36.0 Å². The maximum atomic E-state index is 9.33. The minimum Gasteiger partial charge on any atom is -0.489 e. The molecular formula is C29H36O3. The molecule has 0 heterocycles. The SMILES string of the molecule is CCCCCCC(Oc1ccc(OCc2cc(C)cc(C)c2)cc1)c1ccc(CO)cc1. The van der Waals surface area contributed by atoms with Crippen LogP contribution in [0.4, 0.5) is 0 Å². The van der Waals surface area contributed by atoms with Gasteiger partial charge in [0.15, 0.2) is 0 Å². The third-order valence-corrected chi connectivity index (χ3v) is 5.64. The predicted molar refractivity (Wildman–Crippen MR) is 131 cm³/mol. The zero-order chi connectivity index (χ0) is 22.8. The van der Waals surface area contributed by atoms with E-state index < -0.39 is 0 Å². The minimum atomic E-state index is 0.00152. The van der Waals surface area contributed by atoms with E-state index in [1.54, 1.807) is 0 Å². The van der Waals surface area contributed by atoms with Gasteiger partial charge in [-0.05, 0) is 67.6 Å². The molecule has 0 aliphatic heterocycles. The summed E-state index contributed by atoms with van der Waals surface area (Å²) >= 11 is 0. The number of hydrogen-bond acceptors (Lipinski definition) is 3. The maximum Gasteiger partial charge on any atom is 0.124 e. The van der Waals surface area contributed by atoms with E-state index in [1.807, 2.05) is 36.4 Å². The molecule has 3 aromatic rings. The lowest BCUT2D eigenvalue weighted by Gasteiger charge is -2.20. The first-order valence-corrected chi connectivity index (χ1v) is 11.7. The fourth-order valence-corrected chi connectivity index (χ4v) is 3.99. The lowest BCUT2D eigenvalue weighted by atomic mass is 10.0. The van der Waals surface area contributed by atoms with Crippen molar-refractivity contribution in [3.8, 4) is 11.5 Å². The molecule has 0 saturated carbocycles. The number of rotatable bonds is 12. The summed E-state index contributed by atoms with van der Waals surface area (Å²) in [7, 11) is 0. The number of aliphatic hydroxyl groups excluding tert-OH is 1. The third-order valence-electron chi connectivity index (χ3n) is 5.64. The van der Waals surface area contributed by atoms with Crippen LogP contribution in [0.2, 0.25) is 0 Å². The van der Waals surface area contributed by atoms with Crippen molar-refractivity contribution in [2.75, 3.05) is 0 Å². The van der Waals surface area contributed by atoms with Crippen LogP contribution in [0.1, 0.15) is 72.9 Å². The average Bonchev–Trinajstić information content (AvgIpc) is 2.80. The average molecular weight is 433 g/mol. The van der Waals surface area contributed by atoms with Crippen LogP contribution in [0.25, 0.3) is 0 Å². The number of aryl methyl sites for hydroxylation is 2. The van der Waals surface area contributed by atoms with Crippen molar-refractivity contribution in [3.63, 3.8) is 0 Å². The fraction of sp³-hybridized carbons (Fsp3) is 0.379. The second-order valence-electron chi connectivity index (χ2n) is 8.61. The van der Waals surface area contributed by atoms with E-state index in [4.69, 9.17) is 9.47 Å². The van der Waals surface area contributed by atoms with Crippen molar-refractivity contribution in [3.05, 3.63) is 94.5 Å². The van der Waals surface area contributed by atoms with Gasteiger partial charge in [-0.3, -0.25) is 0 Å². The van der Waals surface area contributed by atoms with Crippen molar-refractivity contribution in [2.24, 2.45) is 0 Å². The Bertz CT molecular complexity index is 925. The van der Waals surface area contributed by atoms with E-state index in [0.29, 0.717) is 6.61 Å². The van der Waals surface area contributed by atoms with Crippen molar-refractivity contribution < 1.29 is 14.6 Å². The molecule has 1 unspecified atom stereocenters. The van der Waals surface area contributed by atoms with Gasteiger partial charge in [-0.2, -0.15) is 0 Å². The topological polar surface area (TPSA) is 38.7 Å². The second kappa shape index (κ2) is 12.3. The summed E-state index contributed by atoms with van der Waals surface area (Å²) in [4.78, 5) is 0. The van der Waals surface area contributed by atoms with Gasteiger partial charge in [0.25, 0.3) is 0 Å². The standard InChI is InChI=1S/C29H36O3/c1-4-5-6-7-8-29(26-11-9-24(20-30)10-12-26)32-28-15-13-27(14-16-28)31-21-25-18-22(2)17-23(3)19-25/h9-19,29-30H,4-8,20-21H2,1-3H3. The van der Waals surface area contributed by atoms with Gasteiger partial charge in [0, 0.05) is 0 Å². The molecule has 170 valence electrons. The van der Waals surface area contributed by atoms with Crippen LogP contribution in [0.15, 0.2) is 66.7 Å². The van der Waals surface area contributed by atoms with Gasteiger partial charge in [0.2, 0.25) is 0 Å².